The van der Waals surface area contributed by atoms with Gasteiger partial charge in [-0.25, -0.2) is 8.42 Å². The average molecular weight is 356 g/mol. The minimum Gasteiger partial charge on any atom is -0.438 e. The number of ether oxygens (including phenoxy) is 1. The number of furan rings is 1. The number of hydrogen-bond acceptors (Lipinski definition) is 5. The topological polar surface area (TPSA) is 88.9 Å². The lowest BCUT2D eigenvalue weighted by atomic mass is 9.86. The van der Waals surface area contributed by atoms with Gasteiger partial charge in [-0.15, -0.1) is 0 Å². The van der Waals surface area contributed by atoms with E-state index >= 15 is 0 Å². The fourth-order valence-electron chi connectivity index (χ4n) is 3.27. The summed E-state index contributed by atoms with van der Waals surface area (Å²) in [6.45, 7) is 3.45. The summed E-state index contributed by atoms with van der Waals surface area (Å²) in [5, 5.41) is 2.78. The lowest BCUT2D eigenvalue weighted by Gasteiger charge is -2.29. The van der Waals surface area contributed by atoms with E-state index in [-0.39, 0.29) is 22.8 Å². The Balaban J connectivity index is 1.69. The maximum absolute atomic E-state index is 12.5. The number of nitrogens with zero attached hydrogens (tertiary/aromatic N) is 1. The molecule has 2 heterocycles. The van der Waals surface area contributed by atoms with E-state index in [9.17, 15) is 13.2 Å². The first-order chi connectivity index (χ1) is 11.5. The van der Waals surface area contributed by atoms with Gasteiger partial charge >= 0.3 is 0 Å². The molecule has 134 valence electrons. The number of hydrogen-bond donors (Lipinski definition) is 1. The van der Waals surface area contributed by atoms with E-state index in [1.807, 2.05) is 0 Å². The number of amides is 1. The van der Waals surface area contributed by atoms with Crippen molar-refractivity contribution in [2.75, 3.05) is 26.3 Å². The molecule has 0 unspecified atom stereocenters. The number of sulfonamides is 1. The Bertz CT molecular complexity index is 678. The Kier molecular flexibility index (Phi) is 5.27. The van der Waals surface area contributed by atoms with Crippen LogP contribution in [0.5, 0.6) is 0 Å². The van der Waals surface area contributed by atoms with Crippen LogP contribution >= 0.6 is 0 Å². The minimum absolute atomic E-state index is 0.0413. The molecule has 2 atom stereocenters. The quantitative estimate of drug-likeness (QED) is 0.885. The van der Waals surface area contributed by atoms with Gasteiger partial charge in [-0.1, -0.05) is 19.8 Å². The predicted molar refractivity (Wildman–Crippen MR) is 87.2 cm³/mol. The van der Waals surface area contributed by atoms with Gasteiger partial charge in [0.05, 0.1) is 13.2 Å². The summed E-state index contributed by atoms with van der Waals surface area (Å²) in [4.78, 5) is 12.3. The first-order valence-electron chi connectivity index (χ1n) is 8.47. The van der Waals surface area contributed by atoms with Crippen molar-refractivity contribution in [2.24, 2.45) is 5.92 Å². The van der Waals surface area contributed by atoms with E-state index in [0.717, 1.165) is 19.3 Å². The molecule has 1 aromatic heterocycles. The van der Waals surface area contributed by atoms with Crippen LogP contribution in [0.3, 0.4) is 0 Å². The second-order valence-corrected chi connectivity index (χ2v) is 8.35. The highest BCUT2D eigenvalue weighted by molar-refractivity contribution is 7.89. The molecule has 1 saturated heterocycles. The SMILES string of the molecule is C[C@@H]1CCCC[C@H]1NC(=O)c1ccc(S(=O)(=O)N2CCOCC2)o1. The van der Waals surface area contributed by atoms with E-state index in [2.05, 4.69) is 12.2 Å². The highest BCUT2D eigenvalue weighted by Gasteiger charge is 2.31. The van der Waals surface area contributed by atoms with Crippen LogP contribution in [0.25, 0.3) is 0 Å². The predicted octanol–water partition coefficient (Wildman–Crippen LogP) is 1.61. The van der Waals surface area contributed by atoms with Crippen LogP contribution < -0.4 is 5.32 Å². The van der Waals surface area contributed by atoms with Gasteiger partial charge in [-0.3, -0.25) is 4.79 Å². The third kappa shape index (κ3) is 3.65. The lowest BCUT2D eigenvalue weighted by Crippen LogP contribution is -2.41. The second kappa shape index (κ2) is 7.25. The van der Waals surface area contributed by atoms with E-state index in [1.165, 1.54) is 22.9 Å². The Morgan fingerprint density at radius 1 is 1.21 bits per heavy atom. The van der Waals surface area contributed by atoms with Crippen molar-refractivity contribution in [1.82, 2.24) is 9.62 Å². The highest BCUT2D eigenvalue weighted by Crippen LogP contribution is 2.25. The molecule has 2 fully saturated rings. The Labute approximate surface area is 142 Å². The van der Waals surface area contributed by atoms with Crippen LogP contribution in [0.2, 0.25) is 0 Å². The van der Waals surface area contributed by atoms with Gasteiger partial charge in [0.2, 0.25) is 5.09 Å². The van der Waals surface area contributed by atoms with Crippen LogP contribution in [-0.2, 0) is 14.8 Å². The lowest BCUT2D eigenvalue weighted by molar-refractivity contribution is 0.0722. The van der Waals surface area contributed by atoms with Crippen LogP contribution in [0.15, 0.2) is 21.6 Å². The highest BCUT2D eigenvalue weighted by atomic mass is 32.2. The minimum atomic E-state index is -3.71. The third-order valence-electron chi connectivity index (χ3n) is 4.80. The monoisotopic (exact) mass is 356 g/mol. The molecule has 24 heavy (non-hydrogen) atoms. The van der Waals surface area contributed by atoms with Crippen LogP contribution in [0.1, 0.15) is 43.2 Å². The zero-order chi connectivity index (χ0) is 17.2. The van der Waals surface area contributed by atoms with Crippen LogP contribution in [0, 0.1) is 5.92 Å². The summed E-state index contributed by atoms with van der Waals surface area (Å²) < 4.78 is 36.9. The van der Waals surface area contributed by atoms with Gasteiger partial charge < -0.3 is 14.5 Å². The van der Waals surface area contributed by atoms with E-state index in [4.69, 9.17) is 9.15 Å². The summed E-state index contributed by atoms with van der Waals surface area (Å²) >= 11 is 0. The first kappa shape index (κ1) is 17.4. The van der Waals surface area contributed by atoms with Crippen molar-refractivity contribution in [3.63, 3.8) is 0 Å². The summed E-state index contributed by atoms with van der Waals surface area (Å²) in [7, 11) is -3.71. The molecule has 7 nitrogen and oxygen atoms in total. The Morgan fingerprint density at radius 2 is 1.92 bits per heavy atom. The Morgan fingerprint density at radius 3 is 2.62 bits per heavy atom. The summed E-state index contributed by atoms with van der Waals surface area (Å²) in [6, 6.07) is 2.90. The molecule has 1 aliphatic carbocycles. The number of morpholine rings is 1. The second-order valence-electron chi connectivity index (χ2n) is 6.48. The van der Waals surface area contributed by atoms with Gasteiger partial charge in [0, 0.05) is 19.1 Å². The summed E-state index contributed by atoms with van der Waals surface area (Å²) in [5.74, 6) is 0.117. The smallest absolute Gasteiger partial charge is 0.287 e. The van der Waals surface area contributed by atoms with Crippen molar-refractivity contribution in [1.29, 1.82) is 0 Å². The molecule has 2 aliphatic rings. The standard InChI is InChI=1S/C16H24N2O5S/c1-12-4-2-3-5-13(12)17-16(19)14-6-7-15(23-14)24(20,21)18-8-10-22-11-9-18/h6-7,12-13H,2-5,8-11H2,1H3,(H,17,19)/t12-,13-/m1/s1. The van der Waals surface area contributed by atoms with Gasteiger partial charge in [0.15, 0.2) is 5.76 Å². The molecular formula is C16H24N2O5S. The number of carbonyl (C=O) groups excluding carboxylic acids is 1. The van der Waals surface area contributed by atoms with Gasteiger partial charge in [0.1, 0.15) is 0 Å². The number of carbonyl (C=O) groups is 1. The Hall–Kier alpha value is -1.38. The number of nitrogens with one attached hydrogen (secondary N) is 1. The zero-order valence-corrected chi connectivity index (χ0v) is 14.7. The van der Waals surface area contributed by atoms with E-state index in [1.54, 1.807) is 0 Å². The van der Waals surface area contributed by atoms with Gasteiger partial charge in [-0.2, -0.15) is 4.31 Å². The molecule has 1 saturated carbocycles. The summed E-state index contributed by atoms with van der Waals surface area (Å²) in [6.07, 6.45) is 4.34. The van der Waals surface area contributed by atoms with Gasteiger partial charge in [-0.05, 0) is 30.9 Å². The molecule has 1 aliphatic heterocycles. The summed E-state index contributed by atoms with van der Waals surface area (Å²) in [5.41, 5.74) is 0. The van der Waals surface area contributed by atoms with Crippen molar-refractivity contribution < 1.29 is 22.4 Å². The molecule has 0 radical (unpaired) electrons. The molecule has 1 aromatic rings. The normalized spacial score (nSPS) is 26.2. The van der Waals surface area contributed by atoms with Crippen LogP contribution in [0.4, 0.5) is 0 Å². The van der Waals surface area contributed by atoms with Crippen LogP contribution in [-0.4, -0.2) is 51.0 Å². The molecule has 0 bridgehead atoms. The van der Waals surface area contributed by atoms with E-state index in [0.29, 0.717) is 32.2 Å². The largest absolute Gasteiger partial charge is 0.438 e. The molecule has 1 N–H and O–H groups in total. The molecular weight excluding hydrogens is 332 g/mol. The molecule has 0 spiro atoms. The van der Waals surface area contributed by atoms with Crippen molar-refractivity contribution in [2.45, 2.75) is 43.7 Å². The van der Waals surface area contributed by atoms with Crippen molar-refractivity contribution in [3.8, 4) is 0 Å². The van der Waals surface area contributed by atoms with E-state index < -0.39 is 10.0 Å². The van der Waals surface area contributed by atoms with Gasteiger partial charge in [0.25, 0.3) is 15.9 Å². The first-order valence-corrected chi connectivity index (χ1v) is 9.91. The van der Waals surface area contributed by atoms with Crippen molar-refractivity contribution >= 4 is 15.9 Å². The molecule has 8 heteroatoms. The third-order valence-corrected chi connectivity index (χ3v) is 6.57. The molecule has 3 rings (SSSR count). The maximum atomic E-state index is 12.5. The molecule has 1 amide bonds. The van der Waals surface area contributed by atoms with Crippen molar-refractivity contribution in [3.05, 3.63) is 17.9 Å². The average Bonchev–Trinajstić information content (AvgIpc) is 3.09. The zero-order valence-electron chi connectivity index (χ0n) is 13.9. The maximum Gasteiger partial charge on any atom is 0.287 e. The fourth-order valence-corrected chi connectivity index (χ4v) is 4.58. The fraction of sp³-hybridized carbons (Fsp3) is 0.688. The number of rotatable bonds is 4. The molecule has 0 aromatic carbocycles.